The SMILES string of the molecule is C[C@H]1CCCCN1c1cc(C(=O)NC[C@H]2CCCN2C)ccn1. The van der Waals surface area contributed by atoms with Crippen molar-refractivity contribution in [3.63, 3.8) is 0 Å². The van der Waals surface area contributed by atoms with Gasteiger partial charge in [-0.15, -0.1) is 0 Å². The van der Waals surface area contributed by atoms with Gasteiger partial charge in [0.2, 0.25) is 0 Å². The highest BCUT2D eigenvalue weighted by Gasteiger charge is 2.22. The molecule has 0 unspecified atom stereocenters. The van der Waals surface area contributed by atoms with Gasteiger partial charge in [0, 0.05) is 36.9 Å². The monoisotopic (exact) mass is 316 g/mol. The van der Waals surface area contributed by atoms with Crippen LogP contribution in [-0.2, 0) is 0 Å². The molecule has 1 aromatic rings. The molecule has 0 radical (unpaired) electrons. The molecule has 2 atom stereocenters. The van der Waals surface area contributed by atoms with Crippen LogP contribution in [0, 0.1) is 0 Å². The van der Waals surface area contributed by atoms with Gasteiger partial charge in [-0.1, -0.05) is 0 Å². The van der Waals surface area contributed by atoms with Gasteiger partial charge >= 0.3 is 0 Å². The lowest BCUT2D eigenvalue weighted by Gasteiger charge is -2.34. The van der Waals surface area contributed by atoms with E-state index in [9.17, 15) is 4.79 Å². The van der Waals surface area contributed by atoms with Gasteiger partial charge in [-0.2, -0.15) is 0 Å². The second-order valence-electron chi connectivity index (χ2n) is 6.93. The van der Waals surface area contributed by atoms with Crippen LogP contribution < -0.4 is 10.2 Å². The van der Waals surface area contributed by atoms with Gasteiger partial charge in [0.25, 0.3) is 5.91 Å². The Morgan fingerprint density at radius 2 is 2.17 bits per heavy atom. The van der Waals surface area contributed by atoms with Crippen molar-refractivity contribution in [3.05, 3.63) is 23.9 Å². The van der Waals surface area contributed by atoms with E-state index in [-0.39, 0.29) is 5.91 Å². The smallest absolute Gasteiger partial charge is 0.251 e. The third kappa shape index (κ3) is 3.83. The Labute approximate surface area is 139 Å². The average molecular weight is 316 g/mol. The van der Waals surface area contributed by atoms with Gasteiger partial charge in [-0.25, -0.2) is 4.98 Å². The van der Waals surface area contributed by atoms with Crippen LogP contribution in [0.2, 0.25) is 0 Å². The van der Waals surface area contributed by atoms with E-state index < -0.39 is 0 Å². The number of rotatable bonds is 4. The summed E-state index contributed by atoms with van der Waals surface area (Å²) in [6.07, 6.45) is 7.84. The minimum absolute atomic E-state index is 0.0126. The molecule has 2 fully saturated rings. The van der Waals surface area contributed by atoms with E-state index >= 15 is 0 Å². The highest BCUT2D eigenvalue weighted by Crippen LogP contribution is 2.23. The Morgan fingerprint density at radius 1 is 1.30 bits per heavy atom. The van der Waals surface area contributed by atoms with Gasteiger partial charge < -0.3 is 15.1 Å². The van der Waals surface area contributed by atoms with Crippen LogP contribution in [0.1, 0.15) is 49.4 Å². The molecule has 3 rings (SSSR count). The average Bonchev–Trinajstić information content (AvgIpc) is 2.98. The first kappa shape index (κ1) is 16.2. The summed E-state index contributed by atoms with van der Waals surface area (Å²) in [5.74, 6) is 0.946. The van der Waals surface area contributed by atoms with E-state index in [1.54, 1.807) is 6.20 Å². The van der Waals surface area contributed by atoms with E-state index in [0.29, 0.717) is 17.6 Å². The summed E-state index contributed by atoms with van der Waals surface area (Å²) in [4.78, 5) is 21.6. The molecule has 0 spiro atoms. The normalized spacial score (nSPS) is 25.6. The molecule has 0 bridgehead atoms. The van der Waals surface area contributed by atoms with E-state index in [1.807, 2.05) is 12.1 Å². The van der Waals surface area contributed by atoms with Gasteiger partial charge in [0.15, 0.2) is 0 Å². The first-order valence-electron chi connectivity index (χ1n) is 8.86. The van der Waals surface area contributed by atoms with Crippen molar-refractivity contribution < 1.29 is 4.79 Å². The Balaban J connectivity index is 1.63. The fraction of sp³-hybridized carbons (Fsp3) is 0.667. The van der Waals surface area contributed by atoms with Crippen molar-refractivity contribution in [1.29, 1.82) is 0 Å². The van der Waals surface area contributed by atoms with Crippen LogP contribution in [0.4, 0.5) is 5.82 Å². The Kier molecular flexibility index (Phi) is 5.16. The van der Waals surface area contributed by atoms with E-state index in [2.05, 4.69) is 34.1 Å². The number of hydrogen-bond acceptors (Lipinski definition) is 4. The van der Waals surface area contributed by atoms with Crippen molar-refractivity contribution in [2.45, 2.75) is 51.1 Å². The molecule has 23 heavy (non-hydrogen) atoms. The lowest BCUT2D eigenvalue weighted by atomic mass is 10.0. The zero-order valence-electron chi connectivity index (χ0n) is 14.3. The second kappa shape index (κ2) is 7.30. The molecular formula is C18H28N4O. The molecule has 1 amide bonds. The number of amides is 1. The minimum Gasteiger partial charge on any atom is -0.354 e. The van der Waals surface area contributed by atoms with Gasteiger partial charge in [-0.05, 0) is 64.8 Å². The molecule has 0 saturated carbocycles. The number of likely N-dealkylation sites (tertiary alicyclic amines) is 1. The Morgan fingerprint density at radius 3 is 2.91 bits per heavy atom. The van der Waals surface area contributed by atoms with Crippen LogP contribution >= 0.6 is 0 Å². The number of anilines is 1. The zero-order valence-corrected chi connectivity index (χ0v) is 14.3. The molecule has 2 aliphatic heterocycles. The maximum atomic E-state index is 12.4. The van der Waals surface area contributed by atoms with E-state index in [0.717, 1.165) is 25.5 Å². The fourth-order valence-electron chi connectivity index (χ4n) is 3.70. The second-order valence-corrected chi connectivity index (χ2v) is 6.93. The topological polar surface area (TPSA) is 48.5 Å². The van der Waals surface area contributed by atoms with Crippen LogP contribution in [0.25, 0.3) is 0 Å². The van der Waals surface area contributed by atoms with Crippen molar-refractivity contribution in [1.82, 2.24) is 15.2 Å². The lowest BCUT2D eigenvalue weighted by molar-refractivity contribution is 0.0943. The molecule has 126 valence electrons. The summed E-state index contributed by atoms with van der Waals surface area (Å²) in [6, 6.07) is 4.73. The van der Waals surface area contributed by atoms with Crippen LogP contribution in [-0.4, -0.2) is 54.6 Å². The summed E-state index contributed by atoms with van der Waals surface area (Å²) < 4.78 is 0. The standard InChI is InChI=1S/C18H28N4O/c1-14-6-3-4-11-22(14)17-12-15(8-9-19-17)18(23)20-13-16-7-5-10-21(16)2/h8-9,12,14,16H,3-7,10-11,13H2,1-2H3,(H,20,23)/t14-,16+/m0/s1. The first-order valence-corrected chi connectivity index (χ1v) is 8.86. The summed E-state index contributed by atoms with van der Waals surface area (Å²) in [6.45, 7) is 5.13. The maximum Gasteiger partial charge on any atom is 0.251 e. The molecule has 2 saturated heterocycles. The number of carbonyl (C=O) groups excluding carboxylic acids is 1. The zero-order chi connectivity index (χ0) is 16.2. The van der Waals surface area contributed by atoms with Crippen molar-refractivity contribution in [2.24, 2.45) is 0 Å². The number of piperidine rings is 1. The van der Waals surface area contributed by atoms with Gasteiger partial charge in [-0.3, -0.25) is 4.79 Å². The molecule has 2 aliphatic rings. The number of nitrogens with zero attached hydrogens (tertiary/aromatic N) is 3. The Hall–Kier alpha value is -1.62. The van der Waals surface area contributed by atoms with Crippen molar-refractivity contribution in [3.8, 4) is 0 Å². The molecule has 3 heterocycles. The number of likely N-dealkylation sites (N-methyl/N-ethyl adjacent to an activating group) is 1. The first-order chi connectivity index (χ1) is 11.1. The van der Waals surface area contributed by atoms with Gasteiger partial charge in [0.05, 0.1) is 0 Å². The van der Waals surface area contributed by atoms with E-state index in [1.165, 1.54) is 32.1 Å². The molecular weight excluding hydrogens is 288 g/mol. The number of carbonyl (C=O) groups is 1. The van der Waals surface area contributed by atoms with Crippen molar-refractivity contribution in [2.75, 3.05) is 31.6 Å². The number of pyridine rings is 1. The molecule has 1 aromatic heterocycles. The van der Waals surface area contributed by atoms with Gasteiger partial charge in [0.1, 0.15) is 5.82 Å². The molecule has 5 nitrogen and oxygen atoms in total. The molecule has 1 N–H and O–H groups in total. The summed E-state index contributed by atoms with van der Waals surface area (Å²) in [5, 5.41) is 3.09. The van der Waals surface area contributed by atoms with Crippen LogP contribution in [0.5, 0.6) is 0 Å². The molecule has 5 heteroatoms. The molecule has 0 aliphatic carbocycles. The largest absolute Gasteiger partial charge is 0.354 e. The lowest BCUT2D eigenvalue weighted by Crippen LogP contribution is -2.39. The highest BCUT2D eigenvalue weighted by molar-refractivity contribution is 5.94. The third-order valence-corrected chi connectivity index (χ3v) is 5.27. The van der Waals surface area contributed by atoms with E-state index in [4.69, 9.17) is 0 Å². The fourth-order valence-corrected chi connectivity index (χ4v) is 3.70. The Bertz CT molecular complexity index is 548. The number of hydrogen-bond donors (Lipinski definition) is 1. The number of nitrogens with one attached hydrogen (secondary N) is 1. The highest BCUT2D eigenvalue weighted by atomic mass is 16.1. The van der Waals surface area contributed by atoms with Crippen molar-refractivity contribution >= 4 is 11.7 Å². The predicted molar refractivity (Wildman–Crippen MR) is 92.9 cm³/mol. The molecule has 0 aromatic carbocycles. The predicted octanol–water partition coefficient (Wildman–Crippen LogP) is 2.28. The summed E-state index contributed by atoms with van der Waals surface area (Å²) in [7, 11) is 2.13. The van der Waals surface area contributed by atoms with Crippen LogP contribution in [0.15, 0.2) is 18.3 Å². The minimum atomic E-state index is 0.0126. The quantitative estimate of drug-likeness (QED) is 0.926. The third-order valence-electron chi connectivity index (χ3n) is 5.27. The summed E-state index contributed by atoms with van der Waals surface area (Å²) in [5.41, 5.74) is 0.716. The van der Waals surface area contributed by atoms with Crippen LogP contribution in [0.3, 0.4) is 0 Å². The summed E-state index contributed by atoms with van der Waals surface area (Å²) >= 11 is 0. The maximum absolute atomic E-state index is 12.4. The number of aromatic nitrogens is 1.